The van der Waals surface area contributed by atoms with E-state index in [1.54, 1.807) is 0 Å². The number of nitrogens with two attached hydrogens (primary N) is 1. The quantitative estimate of drug-likeness (QED) is 0.0498. The van der Waals surface area contributed by atoms with E-state index in [0.29, 0.717) is 49.1 Å². The van der Waals surface area contributed by atoms with Gasteiger partial charge in [0.05, 0.1) is 13.2 Å². The largest absolute Gasteiger partial charge is 0.466 e. The maximum absolute atomic E-state index is 13.4. The van der Waals surface area contributed by atoms with Crippen molar-refractivity contribution in [2.45, 2.75) is 144 Å². The Morgan fingerprint density at radius 2 is 1.61 bits per heavy atom. The van der Waals surface area contributed by atoms with Gasteiger partial charge in [-0.2, -0.15) is 0 Å². The van der Waals surface area contributed by atoms with Crippen molar-refractivity contribution in [1.82, 2.24) is 16.0 Å². The molecule has 0 bridgehead atoms. The van der Waals surface area contributed by atoms with Gasteiger partial charge in [-0.05, 0) is 176 Å². The van der Waals surface area contributed by atoms with Crippen molar-refractivity contribution >= 4 is 11.9 Å². The molecule has 0 aliphatic heterocycles. The monoisotopic (exact) mass is 715 g/mol. The second kappa shape index (κ2) is 18.5. The van der Waals surface area contributed by atoms with E-state index in [1.807, 2.05) is 0 Å². The first-order valence-corrected chi connectivity index (χ1v) is 20.4. The summed E-state index contributed by atoms with van der Waals surface area (Å²) in [6.45, 7) is 21.3. The minimum atomic E-state index is -0.492. The van der Waals surface area contributed by atoms with Gasteiger partial charge in [0.1, 0.15) is 6.10 Å². The number of ether oxygens (including phenoxy) is 2. The molecule has 10 atom stereocenters. The standard InChI is InChI=1S/C42H74N4O5/c1-28(2)14-11-15-31(39(49)50-8)37-33-26-35(48)38-40(5)18-17-34(46-25-13-24-45-22-10-9-21-44-23-12-20-43)29(3)32(40)16-19-41(38,6)42(33,7)27-36(37)51-30(4)47/h14,29,32-36,38,44-46,48H,9-13,15-27,43H2,1-8H3/b37-31-/t29-,32-,33-,34-,35+,36-,38-,40-,41-,42-/m0/s1. The summed E-state index contributed by atoms with van der Waals surface area (Å²) in [5, 5.41) is 23.4. The molecular formula is C42H74N4O5. The molecule has 4 aliphatic carbocycles. The molecule has 9 nitrogen and oxygen atoms in total. The van der Waals surface area contributed by atoms with E-state index in [2.05, 4.69) is 63.6 Å². The molecule has 0 aromatic carbocycles. The number of nitrogens with one attached hydrogen (secondary N) is 3. The van der Waals surface area contributed by atoms with E-state index in [1.165, 1.54) is 32.4 Å². The van der Waals surface area contributed by atoms with Crippen molar-refractivity contribution in [2.75, 3.05) is 46.4 Å². The second-order valence-corrected chi connectivity index (χ2v) is 17.5. The van der Waals surface area contributed by atoms with Gasteiger partial charge in [0.2, 0.25) is 0 Å². The van der Waals surface area contributed by atoms with Crippen LogP contribution in [0.5, 0.6) is 0 Å². The Bertz CT molecular complexity index is 1230. The fourth-order valence-electron chi connectivity index (χ4n) is 11.7. The van der Waals surface area contributed by atoms with Crippen LogP contribution >= 0.6 is 0 Å². The van der Waals surface area contributed by atoms with Crippen molar-refractivity contribution in [3.05, 3.63) is 22.8 Å². The summed E-state index contributed by atoms with van der Waals surface area (Å²) in [6.07, 6.45) is 12.6. The van der Waals surface area contributed by atoms with E-state index < -0.39 is 12.2 Å². The first-order chi connectivity index (χ1) is 24.2. The number of rotatable bonds is 18. The number of aliphatic hydroxyl groups excluding tert-OH is 1. The number of aliphatic hydroxyl groups is 1. The van der Waals surface area contributed by atoms with Crippen molar-refractivity contribution in [3.63, 3.8) is 0 Å². The molecule has 0 aromatic rings. The Morgan fingerprint density at radius 1 is 0.941 bits per heavy atom. The summed E-state index contributed by atoms with van der Waals surface area (Å²) < 4.78 is 11.4. The molecule has 4 rings (SSSR count). The first kappa shape index (κ1) is 42.0. The highest BCUT2D eigenvalue weighted by atomic mass is 16.5. The summed E-state index contributed by atoms with van der Waals surface area (Å²) in [5.41, 5.74) is 7.89. The highest BCUT2D eigenvalue weighted by Crippen LogP contribution is 2.74. The van der Waals surface area contributed by atoms with Gasteiger partial charge in [-0.3, -0.25) is 4.79 Å². The summed E-state index contributed by atoms with van der Waals surface area (Å²) in [5.74, 6) is 0.467. The molecule has 292 valence electrons. The third-order valence-electron chi connectivity index (χ3n) is 14.2. The lowest BCUT2D eigenvalue weighted by Crippen LogP contribution is -2.66. The SMILES string of the molecule is COC(=O)/C(CCC=C(C)C)=C1\[C@@H](OC(C)=O)C[C@@]2(C)[C@H]1C[C@@H](O)[C@H]1[C@@]3(C)CC[C@H](NCCCNCCCCNCCCN)[C@@H](C)[C@@H]3CC[C@@]12C. The number of esters is 2. The zero-order chi connectivity index (χ0) is 37.4. The summed E-state index contributed by atoms with van der Waals surface area (Å²) >= 11 is 0. The Hall–Kier alpha value is -1.78. The maximum atomic E-state index is 13.4. The first-order valence-electron chi connectivity index (χ1n) is 20.4. The molecule has 6 N–H and O–H groups in total. The average molecular weight is 715 g/mol. The number of hydrogen-bond acceptors (Lipinski definition) is 9. The molecule has 9 heteroatoms. The summed E-state index contributed by atoms with van der Waals surface area (Å²) in [4.78, 5) is 25.9. The van der Waals surface area contributed by atoms with Crippen LogP contribution in [0, 0.1) is 39.9 Å². The van der Waals surface area contributed by atoms with E-state index >= 15 is 0 Å². The van der Waals surface area contributed by atoms with Gasteiger partial charge < -0.3 is 36.3 Å². The fraction of sp³-hybridized carbons (Fsp3) is 0.857. The van der Waals surface area contributed by atoms with Gasteiger partial charge in [-0.25, -0.2) is 4.79 Å². The molecule has 0 aromatic heterocycles. The molecule has 0 spiro atoms. The topological polar surface area (TPSA) is 135 Å². The molecule has 0 amide bonds. The number of hydrogen-bond donors (Lipinski definition) is 5. The number of unbranched alkanes of at least 4 members (excludes halogenated alkanes) is 1. The zero-order valence-electron chi connectivity index (χ0n) is 33.5. The lowest BCUT2D eigenvalue weighted by Gasteiger charge is -2.69. The Balaban J connectivity index is 1.45. The van der Waals surface area contributed by atoms with Crippen LogP contribution in [0.25, 0.3) is 0 Å². The van der Waals surface area contributed by atoms with Crippen molar-refractivity contribution in [3.8, 4) is 0 Å². The smallest absolute Gasteiger partial charge is 0.333 e. The van der Waals surface area contributed by atoms with E-state index in [-0.39, 0.29) is 40.0 Å². The molecule has 0 saturated heterocycles. The van der Waals surface area contributed by atoms with Gasteiger partial charge in [0.15, 0.2) is 0 Å². The van der Waals surface area contributed by atoms with Crippen LogP contribution in [0.3, 0.4) is 0 Å². The molecule has 4 saturated carbocycles. The molecule has 4 fully saturated rings. The zero-order valence-corrected chi connectivity index (χ0v) is 33.5. The van der Waals surface area contributed by atoms with Gasteiger partial charge in [0, 0.05) is 18.5 Å². The minimum absolute atomic E-state index is 0.0107. The van der Waals surface area contributed by atoms with Crippen LogP contribution in [-0.2, 0) is 19.1 Å². The predicted octanol–water partition coefficient (Wildman–Crippen LogP) is 6.05. The highest BCUT2D eigenvalue weighted by Gasteiger charge is 2.70. The lowest BCUT2D eigenvalue weighted by atomic mass is 9.36. The minimum Gasteiger partial charge on any atom is -0.466 e. The van der Waals surface area contributed by atoms with Crippen LogP contribution in [0.1, 0.15) is 126 Å². The lowest BCUT2D eigenvalue weighted by molar-refractivity contribution is -0.227. The van der Waals surface area contributed by atoms with E-state index in [4.69, 9.17) is 15.2 Å². The normalized spacial score (nSPS) is 36.8. The number of allylic oxidation sites excluding steroid dienone is 2. The molecule has 0 heterocycles. The molecule has 51 heavy (non-hydrogen) atoms. The van der Waals surface area contributed by atoms with Gasteiger partial charge >= 0.3 is 11.9 Å². The van der Waals surface area contributed by atoms with Crippen molar-refractivity contribution in [2.24, 2.45) is 45.7 Å². The Labute approximate surface area is 310 Å². The van der Waals surface area contributed by atoms with Gasteiger partial charge in [-0.1, -0.05) is 39.3 Å². The van der Waals surface area contributed by atoms with Crippen molar-refractivity contribution in [1.29, 1.82) is 0 Å². The van der Waals surface area contributed by atoms with Crippen LogP contribution in [0.15, 0.2) is 22.8 Å². The third-order valence-corrected chi connectivity index (χ3v) is 14.2. The second-order valence-electron chi connectivity index (χ2n) is 17.5. The van der Waals surface area contributed by atoms with Gasteiger partial charge in [-0.15, -0.1) is 0 Å². The Morgan fingerprint density at radius 3 is 2.24 bits per heavy atom. The van der Waals surface area contributed by atoms with Crippen LogP contribution < -0.4 is 21.7 Å². The number of methoxy groups -OCH3 is 1. The van der Waals surface area contributed by atoms with E-state index in [0.717, 1.165) is 83.4 Å². The predicted molar refractivity (Wildman–Crippen MR) is 206 cm³/mol. The molecule has 4 aliphatic rings. The number of carbonyl (C=O) groups is 2. The molecular weight excluding hydrogens is 640 g/mol. The highest BCUT2D eigenvalue weighted by molar-refractivity contribution is 5.90. The average Bonchev–Trinajstić information content (AvgIpc) is 3.34. The van der Waals surface area contributed by atoms with Crippen LogP contribution in [-0.4, -0.2) is 81.7 Å². The summed E-state index contributed by atoms with van der Waals surface area (Å²) in [7, 11) is 1.44. The summed E-state index contributed by atoms with van der Waals surface area (Å²) in [6, 6.07) is 0.494. The molecule has 0 unspecified atom stereocenters. The third kappa shape index (κ3) is 9.13. The molecule has 0 radical (unpaired) electrons. The van der Waals surface area contributed by atoms with Crippen molar-refractivity contribution < 1.29 is 24.2 Å². The fourth-order valence-corrected chi connectivity index (χ4v) is 11.7. The number of fused-ring (bicyclic) bond motifs is 5. The maximum Gasteiger partial charge on any atom is 0.333 e. The van der Waals surface area contributed by atoms with Gasteiger partial charge in [0.25, 0.3) is 0 Å². The van der Waals surface area contributed by atoms with Crippen LogP contribution in [0.4, 0.5) is 0 Å². The number of carbonyl (C=O) groups excluding carboxylic acids is 2. The van der Waals surface area contributed by atoms with Crippen LogP contribution in [0.2, 0.25) is 0 Å². The van der Waals surface area contributed by atoms with E-state index in [9.17, 15) is 14.7 Å². The Kier molecular flexibility index (Phi) is 15.2.